The Morgan fingerprint density at radius 2 is 1.14 bits per heavy atom. The number of benzene rings is 3. The Morgan fingerprint density at radius 1 is 0.600 bits per heavy atom. The zero-order chi connectivity index (χ0) is 83.5. The van der Waals surface area contributed by atoms with Crippen molar-refractivity contribution in [2.24, 2.45) is 20.0 Å². The molecule has 3 aromatic carbocycles. The first kappa shape index (κ1) is 87.9. The number of nitrogens with one attached hydrogen (secondary N) is 5. The van der Waals surface area contributed by atoms with Gasteiger partial charge >= 0.3 is 24.1 Å². The molecule has 12 atom stereocenters. The number of nitrogens with two attached hydrogens (primary N) is 1. The number of anilines is 3. The molecule has 115 heavy (non-hydrogen) atoms. The first-order chi connectivity index (χ1) is 54.9. The molecule has 3 fully saturated rings. The van der Waals surface area contributed by atoms with Crippen molar-refractivity contribution < 1.29 is 151 Å². The number of aryl methyl sites for hydroxylation is 2. The van der Waals surface area contributed by atoms with Crippen LogP contribution in [0.1, 0.15) is 88.9 Å². The number of carbonyl (C=O) groups is 10. The molecule has 42 nitrogen and oxygen atoms in total. The largest absolute Gasteiger partial charge is 0.493 e. The van der Waals surface area contributed by atoms with Crippen LogP contribution in [0.5, 0.6) is 23.0 Å². The molecule has 0 bridgehead atoms. The molecule has 4 aliphatic heterocycles. The van der Waals surface area contributed by atoms with Gasteiger partial charge in [-0.2, -0.15) is 0 Å². The average molecular weight is 1620 g/mol. The average Bonchev–Trinajstić information content (AvgIpc) is 1.68. The normalized spacial score (nSPS) is 21.7. The maximum absolute atomic E-state index is 14.5. The summed E-state index contributed by atoms with van der Waals surface area (Å²) in [5.41, 5.74) is 1.19. The SMILES string of the molecule is C=C1C[C@H]2C(O)N(C(=O)OCc3ccc(O[C@@H]4O[C@H](C(=O)O)[C@@H](O)[C@H](O)[C@H]4O)c(C(=O)NCCOC)c3)c3cc(OCCCC(=O)Nc4cc(C(=O)Nc5cc(C(=O)NCCCN(C)C(=O)OCc6ccc(O[C@@H]7O[C@H](C(=O)O)[C@@H](O)[C@H](O)[C@H]7O)c(C(=O)NCCOCCOCCON)c6)n(C)c5)n(C)c4)c(OC)cc3C(=O)N2C1. The summed E-state index contributed by atoms with van der Waals surface area (Å²) in [6, 6.07) is 12.3. The van der Waals surface area contributed by atoms with Gasteiger partial charge < -0.3 is 148 Å². The summed E-state index contributed by atoms with van der Waals surface area (Å²) in [4.78, 5) is 141. The van der Waals surface area contributed by atoms with Crippen LogP contribution in [0.2, 0.25) is 0 Å². The van der Waals surface area contributed by atoms with Crippen LogP contribution < -0.4 is 56.3 Å². The molecule has 0 aliphatic carbocycles. The van der Waals surface area contributed by atoms with Crippen molar-refractivity contribution in [3.8, 4) is 23.0 Å². The van der Waals surface area contributed by atoms with Crippen LogP contribution in [0.3, 0.4) is 0 Å². The van der Waals surface area contributed by atoms with Crippen LogP contribution >= 0.6 is 0 Å². The predicted molar refractivity (Wildman–Crippen MR) is 393 cm³/mol. The van der Waals surface area contributed by atoms with E-state index in [0.29, 0.717) is 5.57 Å². The van der Waals surface area contributed by atoms with Gasteiger partial charge in [-0.3, -0.25) is 28.8 Å². The van der Waals surface area contributed by atoms with Gasteiger partial charge in [0.25, 0.3) is 29.5 Å². The molecule has 626 valence electrons. The van der Waals surface area contributed by atoms with Gasteiger partial charge in [0, 0.05) is 85.9 Å². The molecule has 6 heterocycles. The van der Waals surface area contributed by atoms with E-state index in [4.69, 9.17) is 58.0 Å². The minimum atomic E-state index is -2.03. The van der Waals surface area contributed by atoms with E-state index in [1.807, 2.05) is 0 Å². The number of rotatable bonds is 38. The minimum absolute atomic E-state index is 0.00212. The third-order valence-electron chi connectivity index (χ3n) is 18.5. The number of aliphatic carboxylic acids is 2. The van der Waals surface area contributed by atoms with Gasteiger partial charge in [-0.05, 0) is 72.9 Å². The lowest BCUT2D eigenvalue weighted by Crippen LogP contribution is -2.61. The molecule has 5 aromatic rings. The third-order valence-corrected chi connectivity index (χ3v) is 18.5. The van der Waals surface area contributed by atoms with E-state index in [1.54, 1.807) is 14.1 Å². The lowest BCUT2D eigenvalue weighted by molar-refractivity contribution is -0.271. The number of carboxylic acid groups (broad SMARTS) is 2. The van der Waals surface area contributed by atoms with Gasteiger partial charge in [-0.25, -0.2) is 30.0 Å². The molecule has 3 saturated heterocycles. The smallest absolute Gasteiger partial charge is 0.416 e. The van der Waals surface area contributed by atoms with Crippen molar-refractivity contribution in [3.05, 3.63) is 124 Å². The summed E-state index contributed by atoms with van der Waals surface area (Å²) in [6.45, 7) is 4.12. The number of ether oxygens (including phenoxy) is 11. The Labute approximate surface area is 655 Å². The number of methoxy groups -OCH3 is 2. The molecule has 9 rings (SSSR count). The summed E-state index contributed by atoms with van der Waals surface area (Å²) >= 11 is 0. The molecular weight excluding hydrogens is 1530 g/mol. The van der Waals surface area contributed by atoms with Crippen molar-refractivity contribution in [1.29, 1.82) is 0 Å². The van der Waals surface area contributed by atoms with Crippen molar-refractivity contribution in [2.75, 3.05) is 116 Å². The second-order valence-electron chi connectivity index (χ2n) is 26.8. The predicted octanol–water partition coefficient (Wildman–Crippen LogP) is -1.37. The Bertz CT molecular complexity index is 4330. The molecule has 0 saturated carbocycles. The monoisotopic (exact) mass is 1620 g/mol. The number of carboxylic acids is 2. The second kappa shape index (κ2) is 40.8. The lowest BCUT2D eigenvalue weighted by atomic mass is 9.99. The van der Waals surface area contributed by atoms with E-state index in [2.05, 4.69) is 38.0 Å². The van der Waals surface area contributed by atoms with Crippen LogP contribution in [-0.2, 0) is 79.7 Å². The summed E-state index contributed by atoms with van der Waals surface area (Å²) < 4.78 is 63.7. The van der Waals surface area contributed by atoms with Gasteiger partial charge in [0.05, 0.1) is 93.2 Å². The highest BCUT2D eigenvalue weighted by atomic mass is 16.7. The molecular formula is C73H93N11O31. The van der Waals surface area contributed by atoms with Gasteiger partial charge in [0.2, 0.25) is 18.5 Å². The number of nitrogens with zero attached hydrogens (tertiary/aromatic N) is 5. The Balaban J connectivity index is 0.750. The summed E-state index contributed by atoms with van der Waals surface area (Å²) in [5.74, 6) is -2.51. The summed E-state index contributed by atoms with van der Waals surface area (Å²) in [5, 5.41) is 107. The van der Waals surface area contributed by atoms with E-state index in [0.717, 1.165) is 4.90 Å². The zero-order valence-electron chi connectivity index (χ0n) is 63.1. The highest BCUT2D eigenvalue weighted by molar-refractivity contribution is 6.07. The molecule has 42 heteroatoms. The molecule has 1 unspecified atom stereocenters. The first-order valence-electron chi connectivity index (χ1n) is 36.0. The van der Waals surface area contributed by atoms with E-state index >= 15 is 0 Å². The van der Waals surface area contributed by atoms with Crippen molar-refractivity contribution >= 4 is 76.6 Å². The van der Waals surface area contributed by atoms with Crippen molar-refractivity contribution in [3.63, 3.8) is 0 Å². The van der Waals surface area contributed by atoms with E-state index < -0.39 is 140 Å². The fourth-order valence-electron chi connectivity index (χ4n) is 12.5. The lowest BCUT2D eigenvalue weighted by Gasteiger charge is -2.38. The fraction of sp³-hybridized carbons (Fsp3) is 0.479. The number of fused-ring (bicyclic) bond motifs is 2. The summed E-state index contributed by atoms with van der Waals surface area (Å²) in [6.07, 6.45) is -20.1. The Hall–Kier alpha value is -11.1. The van der Waals surface area contributed by atoms with E-state index in [1.165, 1.54) is 113 Å². The highest BCUT2D eigenvalue weighted by Crippen LogP contribution is 2.43. The molecule has 8 amide bonds. The van der Waals surface area contributed by atoms with Gasteiger partial charge in [-0.1, -0.05) is 24.3 Å². The first-order valence-corrected chi connectivity index (χ1v) is 36.0. The molecule has 0 radical (unpaired) electrons. The highest BCUT2D eigenvalue weighted by Gasteiger charge is 2.51. The molecule has 0 spiro atoms. The van der Waals surface area contributed by atoms with Crippen LogP contribution in [0.15, 0.2) is 85.2 Å². The van der Waals surface area contributed by atoms with Crippen molar-refractivity contribution in [2.45, 2.75) is 113 Å². The Morgan fingerprint density at radius 3 is 1.70 bits per heavy atom. The van der Waals surface area contributed by atoms with Crippen LogP contribution in [0.25, 0.3) is 0 Å². The number of hydrogen-bond acceptors (Lipinski definition) is 30. The number of carbonyl (C=O) groups excluding carboxylic acids is 8. The van der Waals surface area contributed by atoms with Gasteiger partial charge in [0.1, 0.15) is 72.7 Å². The molecule has 4 aliphatic rings. The van der Waals surface area contributed by atoms with Gasteiger partial charge in [0.15, 0.2) is 29.9 Å². The standard InChI is InChI=1S/C73H93N11O31/c1-37-25-48-67(97)84(73(103)110-36-39-11-13-49(43(27-39)62(92)76-15-19-104-5)112-70-58(90)54(86)56(88)60(114-70)68(98)99)45-31-52(51(105-6)30-42(45)66(96)83(48)32-37)108-18-7-9-53(85)78-40-28-47(82(4)33-40)65(95)79-41-29-46(81(3)34-41)64(94)75-14-8-17-80(2)72(102)109-35-38-10-12-50(113-71-59(91)55(87)57(89)61(115-71)69(100)101)44(26-38)63(93)77-16-20-106-21-22-107-23-24-111-74/h10-13,26-31,33-34,48,54-61,67,70-71,86-91,97H,1,7-9,14-25,32,35-36,74H2,2-6H3,(H,75,94)(H,76,92)(H,77,93)(H,78,85)(H,79,95)(H,98,99)(H,100,101)/t48-,54-,55-,56-,57-,58+,59+,60-,61-,67?,70+,71+/m0/s1. The Kier molecular flexibility index (Phi) is 31.1. The van der Waals surface area contributed by atoms with Crippen LogP contribution in [-0.4, -0.2) is 298 Å². The minimum Gasteiger partial charge on any atom is -0.493 e. The number of aliphatic hydroxyl groups is 7. The second-order valence-corrected chi connectivity index (χ2v) is 26.8. The molecule has 2 aromatic heterocycles. The molecule has 16 N–H and O–H groups in total. The quantitative estimate of drug-likeness (QED) is 0.0123. The maximum atomic E-state index is 14.5. The number of aliphatic hydroxyl groups excluding tert-OH is 7. The van der Waals surface area contributed by atoms with Gasteiger partial charge in [-0.15, -0.1) is 0 Å². The number of amides is 8. The zero-order valence-corrected chi connectivity index (χ0v) is 63.1. The number of hydrogen-bond donors (Lipinski definition) is 15. The van der Waals surface area contributed by atoms with Crippen LogP contribution in [0, 0.1) is 0 Å². The maximum Gasteiger partial charge on any atom is 0.416 e. The fourth-order valence-corrected chi connectivity index (χ4v) is 12.5. The summed E-state index contributed by atoms with van der Waals surface area (Å²) in [7, 11) is 7.34. The van der Waals surface area contributed by atoms with Crippen molar-refractivity contribution in [1.82, 2.24) is 34.9 Å². The number of aromatic nitrogens is 2. The third kappa shape index (κ3) is 22.3. The van der Waals surface area contributed by atoms with Crippen LogP contribution in [0.4, 0.5) is 26.7 Å². The van der Waals surface area contributed by atoms with E-state index in [-0.39, 0.29) is 191 Å². The van der Waals surface area contributed by atoms with E-state index in [9.17, 15) is 93.9 Å². The topological polar surface area (TPSA) is 569 Å².